The van der Waals surface area contributed by atoms with Gasteiger partial charge in [-0.2, -0.15) is 0 Å². The molecule has 0 amide bonds. The highest BCUT2D eigenvalue weighted by molar-refractivity contribution is 7.91. The molecule has 0 N–H and O–H groups in total. The summed E-state index contributed by atoms with van der Waals surface area (Å²) in [7, 11) is 2.54. The van der Waals surface area contributed by atoms with E-state index in [1.54, 1.807) is 38.1 Å². The molecule has 0 radical (unpaired) electrons. The van der Waals surface area contributed by atoms with E-state index in [1.165, 1.54) is 14.2 Å². The summed E-state index contributed by atoms with van der Waals surface area (Å²) in [6.45, 7) is 5.30. The Hall–Kier alpha value is -2.38. The van der Waals surface area contributed by atoms with Crippen molar-refractivity contribution in [3.05, 3.63) is 46.8 Å². The highest BCUT2D eigenvalue weighted by Crippen LogP contribution is 2.36. The predicted molar refractivity (Wildman–Crippen MR) is 103 cm³/mol. The van der Waals surface area contributed by atoms with E-state index in [2.05, 4.69) is 4.98 Å². The van der Waals surface area contributed by atoms with Gasteiger partial charge < -0.3 is 14.0 Å². The Labute approximate surface area is 162 Å². The Morgan fingerprint density at radius 1 is 1.04 bits per heavy atom. The Kier molecular flexibility index (Phi) is 6.98. The fraction of sp³-hybridized carbons (Fsp3) is 0.350. The molecule has 144 valence electrons. The Morgan fingerprint density at radius 2 is 1.56 bits per heavy atom. The molecule has 6 nitrogen and oxygen atoms in total. The monoisotopic (exact) mass is 389 g/mol. The Bertz CT molecular complexity index is 825. The van der Waals surface area contributed by atoms with Crippen LogP contribution in [0.3, 0.4) is 0 Å². The van der Waals surface area contributed by atoms with Crippen LogP contribution in [0.2, 0.25) is 0 Å². The second kappa shape index (κ2) is 9.01. The Morgan fingerprint density at radius 3 is 2.04 bits per heavy atom. The normalized spacial score (nSPS) is 11.8. The minimum Gasteiger partial charge on any atom is -0.611 e. The zero-order chi connectivity index (χ0) is 20.1. The van der Waals surface area contributed by atoms with Gasteiger partial charge in [-0.15, -0.1) is 0 Å². The molecule has 0 saturated carbocycles. The molecule has 0 saturated heterocycles. The van der Waals surface area contributed by atoms with Gasteiger partial charge in [0.2, 0.25) is 0 Å². The molecule has 7 heteroatoms. The zero-order valence-electron chi connectivity index (χ0n) is 16.1. The number of pyridine rings is 1. The van der Waals surface area contributed by atoms with Crippen molar-refractivity contribution in [1.82, 2.24) is 4.98 Å². The SMILES string of the molecule is CCC[S+]([O-])c1ccccc1-c1c(C(=O)OC)c(C)nc(C)c1C(=O)OC. The molecule has 27 heavy (non-hydrogen) atoms. The maximum absolute atomic E-state index is 12.8. The average molecular weight is 389 g/mol. The summed E-state index contributed by atoms with van der Waals surface area (Å²) in [4.78, 5) is 29.9. The molecule has 1 unspecified atom stereocenters. The minimum absolute atomic E-state index is 0.171. The van der Waals surface area contributed by atoms with Crippen LogP contribution >= 0.6 is 0 Å². The molecular weight excluding hydrogens is 366 g/mol. The second-order valence-corrected chi connectivity index (χ2v) is 7.48. The van der Waals surface area contributed by atoms with Gasteiger partial charge in [0.25, 0.3) is 0 Å². The summed E-state index contributed by atoms with van der Waals surface area (Å²) < 4.78 is 22.6. The van der Waals surface area contributed by atoms with Gasteiger partial charge in [-0.1, -0.05) is 19.1 Å². The molecule has 1 heterocycles. The topological polar surface area (TPSA) is 88.5 Å². The molecule has 2 aromatic rings. The molecule has 0 spiro atoms. The summed E-state index contributed by atoms with van der Waals surface area (Å²) in [6, 6.07) is 7.04. The summed E-state index contributed by atoms with van der Waals surface area (Å²) in [6.07, 6.45) is 0.739. The molecule has 0 aliphatic heterocycles. The molecule has 0 bridgehead atoms. The predicted octanol–water partition coefficient (Wildman–Crippen LogP) is 3.46. The van der Waals surface area contributed by atoms with Gasteiger partial charge in [0.1, 0.15) is 5.75 Å². The first kappa shape index (κ1) is 20.9. The first-order valence-electron chi connectivity index (χ1n) is 8.52. The van der Waals surface area contributed by atoms with Crippen LogP contribution < -0.4 is 0 Å². The second-order valence-electron chi connectivity index (χ2n) is 5.94. The zero-order valence-corrected chi connectivity index (χ0v) is 16.9. The van der Waals surface area contributed by atoms with E-state index in [0.29, 0.717) is 33.2 Å². The van der Waals surface area contributed by atoms with Crippen LogP contribution in [0.5, 0.6) is 0 Å². The van der Waals surface area contributed by atoms with Gasteiger partial charge in [0, 0.05) is 11.1 Å². The van der Waals surface area contributed by atoms with E-state index in [0.717, 1.165) is 6.42 Å². The molecule has 0 aliphatic carbocycles. The smallest absolute Gasteiger partial charge is 0.340 e. The molecule has 1 aromatic heterocycles. The largest absolute Gasteiger partial charge is 0.611 e. The minimum atomic E-state index is -1.28. The number of hydrogen-bond acceptors (Lipinski definition) is 6. The molecule has 0 fully saturated rings. The summed E-state index contributed by atoms with van der Waals surface area (Å²) >= 11 is -1.28. The fourth-order valence-corrected chi connectivity index (χ4v) is 4.23. The first-order chi connectivity index (χ1) is 12.9. The number of hydrogen-bond donors (Lipinski definition) is 0. The van der Waals surface area contributed by atoms with Gasteiger partial charge in [-0.3, -0.25) is 4.98 Å². The van der Waals surface area contributed by atoms with E-state index in [9.17, 15) is 14.1 Å². The third-order valence-electron chi connectivity index (χ3n) is 4.13. The van der Waals surface area contributed by atoms with Crippen molar-refractivity contribution in [3.63, 3.8) is 0 Å². The van der Waals surface area contributed by atoms with Gasteiger partial charge in [0.05, 0.1) is 36.7 Å². The number of rotatable bonds is 6. The van der Waals surface area contributed by atoms with Crippen molar-refractivity contribution in [2.75, 3.05) is 20.0 Å². The summed E-state index contributed by atoms with van der Waals surface area (Å²) in [5.41, 5.74) is 2.09. The lowest BCUT2D eigenvalue weighted by Crippen LogP contribution is -2.17. The van der Waals surface area contributed by atoms with Crippen LogP contribution in [0, 0.1) is 13.8 Å². The average Bonchev–Trinajstić information content (AvgIpc) is 2.66. The van der Waals surface area contributed by atoms with Crippen molar-refractivity contribution in [2.45, 2.75) is 32.1 Å². The van der Waals surface area contributed by atoms with Crippen molar-refractivity contribution in [1.29, 1.82) is 0 Å². The quantitative estimate of drug-likeness (QED) is 0.555. The van der Waals surface area contributed by atoms with Crippen LogP contribution in [0.4, 0.5) is 0 Å². The van der Waals surface area contributed by atoms with E-state index in [4.69, 9.17) is 9.47 Å². The van der Waals surface area contributed by atoms with E-state index >= 15 is 0 Å². The number of esters is 2. The number of methoxy groups -OCH3 is 2. The maximum atomic E-state index is 12.8. The van der Waals surface area contributed by atoms with Crippen LogP contribution in [-0.2, 0) is 20.6 Å². The summed E-state index contributed by atoms with van der Waals surface area (Å²) in [5.74, 6) is -0.756. The third-order valence-corrected chi connectivity index (χ3v) is 5.75. The van der Waals surface area contributed by atoms with Gasteiger partial charge in [-0.05, 0) is 43.6 Å². The first-order valence-corrected chi connectivity index (χ1v) is 9.84. The van der Waals surface area contributed by atoms with E-state index in [1.807, 2.05) is 6.92 Å². The summed E-state index contributed by atoms with van der Waals surface area (Å²) in [5, 5.41) is 0. The maximum Gasteiger partial charge on any atom is 0.340 e. The standard InChI is InChI=1S/C20H23NO5S/c1-6-11-27(24)15-10-8-7-9-14(15)18-16(19(22)25-4)12(2)21-13(3)17(18)20(23)26-5/h7-10H,6,11H2,1-5H3. The Balaban J connectivity index is 2.94. The number of ether oxygens (including phenoxy) is 2. The van der Waals surface area contributed by atoms with Crippen LogP contribution in [0.1, 0.15) is 45.4 Å². The van der Waals surface area contributed by atoms with Crippen LogP contribution in [-0.4, -0.2) is 41.4 Å². The molecule has 1 aromatic carbocycles. The van der Waals surface area contributed by atoms with Crippen molar-refractivity contribution in [2.24, 2.45) is 0 Å². The third kappa shape index (κ3) is 4.14. The number of carbonyl (C=O) groups excluding carboxylic acids is 2. The van der Waals surface area contributed by atoms with Gasteiger partial charge >= 0.3 is 11.9 Å². The number of carbonyl (C=O) groups is 2. The molecule has 0 aliphatic rings. The van der Waals surface area contributed by atoms with Crippen molar-refractivity contribution in [3.8, 4) is 11.1 Å². The van der Waals surface area contributed by atoms with Crippen LogP contribution in [0.15, 0.2) is 29.2 Å². The lowest BCUT2D eigenvalue weighted by Gasteiger charge is -2.19. The van der Waals surface area contributed by atoms with E-state index in [-0.39, 0.29) is 11.1 Å². The van der Waals surface area contributed by atoms with Crippen molar-refractivity contribution < 1.29 is 23.6 Å². The fourth-order valence-electron chi connectivity index (χ4n) is 2.99. The lowest BCUT2D eigenvalue weighted by atomic mass is 9.92. The number of benzene rings is 1. The van der Waals surface area contributed by atoms with Crippen LogP contribution in [0.25, 0.3) is 11.1 Å². The van der Waals surface area contributed by atoms with Crippen molar-refractivity contribution >= 4 is 23.1 Å². The highest BCUT2D eigenvalue weighted by atomic mass is 32.2. The number of aromatic nitrogens is 1. The van der Waals surface area contributed by atoms with Gasteiger partial charge in [-0.25, -0.2) is 9.59 Å². The molecule has 1 atom stereocenters. The van der Waals surface area contributed by atoms with E-state index < -0.39 is 23.1 Å². The lowest BCUT2D eigenvalue weighted by molar-refractivity contribution is 0.0599. The molecular formula is C20H23NO5S. The number of aryl methyl sites for hydroxylation is 2. The highest BCUT2D eigenvalue weighted by Gasteiger charge is 2.30. The molecule has 2 rings (SSSR count). The number of nitrogens with zero attached hydrogens (tertiary/aromatic N) is 1. The van der Waals surface area contributed by atoms with Gasteiger partial charge in [0.15, 0.2) is 4.90 Å².